The van der Waals surface area contributed by atoms with Crippen LogP contribution in [0.4, 0.5) is 11.4 Å². The van der Waals surface area contributed by atoms with E-state index in [1.807, 2.05) is 32.0 Å². The Balaban J connectivity index is 2.35. The fraction of sp³-hybridized carbons (Fsp3) is 0.200. The molecule has 0 radical (unpaired) electrons. The number of hydrogen-bond donors (Lipinski definition) is 2. The third kappa shape index (κ3) is 3.68. The number of rotatable bonds is 4. The molecule has 0 aliphatic carbocycles. The zero-order chi connectivity index (χ0) is 15.6. The van der Waals surface area contributed by atoms with Crippen molar-refractivity contribution in [3.63, 3.8) is 0 Å². The van der Waals surface area contributed by atoms with Gasteiger partial charge in [-0.1, -0.05) is 37.6 Å². The predicted molar refractivity (Wildman–Crippen MR) is 87.2 cm³/mol. The third-order valence-electron chi connectivity index (χ3n) is 3.07. The van der Waals surface area contributed by atoms with Crippen molar-refractivity contribution in [2.24, 2.45) is 0 Å². The van der Waals surface area contributed by atoms with Crippen LogP contribution in [-0.2, 0) is 10.0 Å². The molecule has 2 aromatic rings. The summed E-state index contributed by atoms with van der Waals surface area (Å²) in [5.41, 5.74) is 7.42. The lowest BCUT2D eigenvalue weighted by Gasteiger charge is -2.12. The normalized spacial score (nSPS) is 11.6. The Morgan fingerprint density at radius 2 is 1.86 bits per heavy atom. The van der Waals surface area contributed by atoms with Gasteiger partial charge in [0, 0.05) is 10.7 Å². The van der Waals surface area contributed by atoms with Gasteiger partial charge in [-0.15, -0.1) is 0 Å². The van der Waals surface area contributed by atoms with E-state index in [4.69, 9.17) is 17.3 Å². The first-order chi connectivity index (χ1) is 9.79. The van der Waals surface area contributed by atoms with Gasteiger partial charge in [-0.2, -0.15) is 0 Å². The van der Waals surface area contributed by atoms with Crippen molar-refractivity contribution in [1.82, 2.24) is 0 Å². The molecule has 0 bridgehead atoms. The maximum Gasteiger partial charge on any atom is 0.263 e. The van der Waals surface area contributed by atoms with E-state index in [0.717, 1.165) is 5.56 Å². The van der Waals surface area contributed by atoms with Crippen molar-refractivity contribution in [1.29, 1.82) is 0 Å². The molecule has 6 heteroatoms. The number of halogens is 1. The van der Waals surface area contributed by atoms with E-state index in [0.29, 0.717) is 16.6 Å². The maximum atomic E-state index is 12.4. The molecule has 0 heterocycles. The smallest absolute Gasteiger partial charge is 0.263 e. The number of nitrogens with one attached hydrogen (secondary N) is 1. The SMILES string of the molecule is CC(C)c1cccc(NS(=O)(=O)c2ccc(Cl)cc2N)c1. The van der Waals surface area contributed by atoms with Crippen molar-refractivity contribution < 1.29 is 8.42 Å². The number of nitrogens with two attached hydrogens (primary N) is 1. The Labute approximate surface area is 130 Å². The van der Waals surface area contributed by atoms with Crippen LogP contribution in [-0.4, -0.2) is 8.42 Å². The highest BCUT2D eigenvalue weighted by Gasteiger charge is 2.18. The average molecular weight is 325 g/mol. The Morgan fingerprint density at radius 3 is 2.48 bits per heavy atom. The monoisotopic (exact) mass is 324 g/mol. The van der Waals surface area contributed by atoms with Gasteiger partial charge in [-0.3, -0.25) is 4.72 Å². The van der Waals surface area contributed by atoms with E-state index in [2.05, 4.69) is 4.72 Å². The molecule has 0 aromatic heterocycles. The summed E-state index contributed by atoms with van der Waals surface area (Å²) < 4.78 is 27.3. The quantitative estimate of drug-likeness (QED) is 0.839. The second-order valence-corrected chi connectivity index (χ2v) is 7.16. The molecule has 0 fully saturated rings. The van der Waals surface area contributed by atoms with E-state index in [-0.39, 0.29) is 10.6 Å². The van der Waals surface area contributed by atoms with Gasteiger partial charge >= 0.3 is 0 Å². The number of benzene rings is 2. The largest absolute Gasteiger partial charge is 0.398 e. The zero-order valence-electron chi connectivity index (χ0n) is 11.8. The molecule has 0 atom stereocenters. The van der Waals surface area contributed by atoms with Gasteiger partial charge in [0.2, 0.25) is 0 Å². The first kappa shape index (κ1) is 15.7. The molecule has 0 aliphatic heterocycles. The highest BCUT2D eigenvalue weighted by Crippen LogP contribution is 2.26. The molecule has 3 N–H and O–H groups in total. The molecule has 2 aromatic carbocycles. The summed E-state index contributed by atoms with van der Waals surface area (Å²) in [5.74, 6) is 0.315. The van der Waals surface area contributed by atoms with Gasteiger partial charge < -0.3 is 5.73 Å². The van der Waals surface area contributed by atoms with Crippen LogP contribution in [0.3, 0.4) is 0 Å². The summed E-state index contributed by atoms with van der Waals surface area (Å²) in [5, 5.41) is 0.397. The number of anilines is 2. The number of hydrogen-bond acceptors (Lipinski definition) is 3. The molecule has 4 nitrogen and oxygen atoms in total. The molecule has 0 spiro atoms. The summed E-state index contributed by atoms with van der Waals surface area (Å²) >= 11 is 5.79. The van der Waals surface area contributed by atoms with Crippen LogP contribution in [0.1, 0.15) is 25.3 Å². The van der Waals surface area contributed by atoms with Crippen LogP contribution in [0.15, 0.2) is 47.4 Å². The van der Waals surface area contributed by atoms with E-state index >= 15 is 0 Å². The first-order valence-electron chi connectivity index (χ1n) is 6.47. The highest BCUT2D eigenvalue weighted by atomic mass is 35.5. The van der Waals surface area contributed by atoms with Crippen LogP contribution < -0.4 is 10.5 Å². The minimum absolute atomic E-state index is 0.0156. The standard InChI is InChI=1S/C15H17ClN2O2S/c1-10(2)11-4-3-5-13(8-11)18-21(19,20)15-7-6-12(16)9-14(15)17/h3-10,18H,17H2,1-2H3. The first-order valence-corrected chi connectivity index (χ1v) is 8.33. The lowest BCUT2D eigenvalue weighted by atomic mass is 10.0. The Hall–Kier alpha value is -1.72. The Kier molecular flexibility index (Phi) is 4.44. The lowest BCUT2D eigenvalue weighted by molar-refractivity contribution is 0.601. The van der Waals surface area contributed by atoms with Crippen LogP contribution in [0, 0.1) is 0 Å². The fourth-order valence-corrected chi connectivity index (χ4v) is 3.28. The van der Waals surface area contributed by atoms with Gasteiger partial charge in [0.05, 0.1) is 5.69 Å². The van der Waals surface area contributed by atoms with Crippen molar-refractivity contribution in [2.45, 2.75) is 24.7 Å². The zero-order valence-corrected chi connectivity index (χ0v) is 13.4. The van der Waals surface area contributed by atoms with Crippen LogP contribution in [0.25, 0.3) is 0 Å². The molecular formula is C15H17ClN2O2S. The minimum atomic E-state index is -3.74. The molecule has 0 unspecified atom stereocenters. The second-order valence-electron chi connectivity index (χ2n) is 5.07. The van der Waals surface area contributed by atoms with Crippen molar-refractivity contribution in [2.75, 3.05) is 10.5 Å². The molecule has 0 amide bonds. The molecule has 2 rings (SSSR count). The number of nitrogen functional groups attached to an aromatic ring is 1. The fourth-order valence-electron chi connectivity index (χ4n) is 1.94. The van der Waals surface area contributed by atoms with Crippen molar-refractivity contribution in [3.05, 3.63) is 53.1 Å². The van der Waals surface area contributed by atoms with Gasteiger partial charge in [0.1, 0.15) is 4.90 Å². The van der Waals surface area contributed by atoms with E-state index in [9.17, 15) is 8.42 Å². The predicted octanol–water partition coefficient (Wildman–Crippen LogP) is 3.85. The summed E-state index contributed by atoms with van der Waals surface area (Å²) in [6.45, 7) is 4.09. The summed E-state index contributed by atoms with van der Waals surface area (Å²) in [4.78, 5) is 0.0156. The second kappa shape index (κ2) is 5.95. The lowest BCUT2D eigenvalue weighted by Crippen LogP contribution is -2.15. The topological polar surface area (TPSA) is 72.2 Å². The van der Waals surface area contributed by atoms with Crippen LogP contribution in [0.5, 0.6) is 0 Å². The Morgan fingerprint density at radius 1 is 1.14 bits per heavy atom. The van der Waals surface area contributed by atoms with Gasteiger partial charge in [0.25, 0.3) is 10.0 Å². The number of sulfonamides is 1. The molecule has 0 aliphatic rings. The van der Waals surface area contributed by atoms with Gasteiger partial charge in [-0.25, -0.2) is 8.42 Å². The molecule has 21 heavy (non-hydrogen) atoms. The molecule has 0 saturated heterocycles. The minimum Gasteiger partial charge on any atom is -0.398 e. The van der Waals surface area contributed by atoms with Crippen LogP contribution >= 0.6 is 11.6 Å². The maximum absolute atomic E-state index is 12.4. The van der Waals surface area contributed by atoms with Gasteiger partial charge in [-0.05, 0) is 41.8 Å². The van der Waals surface area contributed by atoms with Gasteiger partial charge in [0.15, 0.2) is 0 Å². The van der Waals surface area contributed by atoms with Crippen LogP contribution in [0.2, 0.25) is 5.02 Å². The molecule has 0 saturated carbocycles. The van der Waals surface area contributed by atoms with Crippen molar-refractivity contribution in [3.8, 4) is 0 Å². The summed E-state index contributed by atoms with van der Waals surface area (Å²) in [6, 6.07) is 11.6. The van der Waals surface area contributed by atoms with E-state index < -0.39 is 10.0 Å². The van der Waals surface area contributed by atoms with E-state index in [1.54, 1.807) is 6.07 Å². The molecule has 112 valence electrons. The average Bonchev–Trinajstić information content (AvgIpc) is 2.37. The molecular weight excluding hydrogens is 308 g/mol. The van der Waals surface area contributed by atoms with E-state index in [1.165, 1.54) is 18.2 Å². The summed E-state index contributed by atoms with van der Waals surface area (Å²) in [7, 11) is -3.74. The Bertz CT molecular complexity index is 758. The summed E-state index contributed by atoms with van der Waals surface area (Å²) in [6.07, 6.45) is 0. The highest BCUT2D eigenvalue weighted by molar-refractivity contribution is 7.92. The third-order valence-corrected chi connectivity index (χ3v) is 4.76. The van der Waals surface area contributed by atoms with Crippen molar-refractivity contribution >= 4 is 33.0 Å².